The summed E-state index contributed by atoms with van der Waals surface area (Å²) in [5, 5.41) is 0. The molecule has 4 aromatic rings. The molecule has 0 bridgehead atoms. The molecule has 0 aliphatic heterocycles. The fraction of sp³-hybridized carbons (Fsp3) is 0.111. The minimum Gasteiger partial charge on any atom is -0.324 e. The van der Waals surface area contributed by atoms with Gasteiger partial charge in [-0.05, 0) is 30.3 Å². The van der Waals surface area contributed by atoms with Crippen molar-refractivity contribution in [1.29, 1.82) is 0 Å². The van der Waals surface area contributed by atoms with E-state index in [-0.39, 0.29) is 0 Å². The van der Waals surface area contributed by atoms with Crippen LogP contribution in [0.25, 0.3) is 28.4 Å². The molecule has 0 saturated carbocycles. The fourth-order valence-corrected chi connectivity index (χ4v) is 3.51. The predicted molar refractivity (Wildman–Crippen MR) is 102 cm³/mol. The van der Waals surface area contributed by atoms with Crippen LogP contribution in [0, 0.1) is 0 Å². The molecular formula is C18H17N5O2S. The number of hydrogen-bond acceptors (Lipinski definition) is 4. The highest BCUT2D eigenvalue weighted by atomic mass is 32.2. The van der Waals surface area contributed by atoms with Gasteiger partial charge in [0, 0.05) is 25.1 Å². The van der Waals surface area contributed by atoms with Gasteiger partial charge in [-0.25, -0.2) is 18.4 Å². The number of nitrogens with zero attached hydrogens (tertiary/aromatic N) is 4. The molecule has 0 spiro atoms. The molecule has 0 amide bonds. The third-order valence-electron chi connectivity index (χ3n) is 4.06. The fourth-order valence-electron chi connectivity index (χ4n) is 2.96. The van der Waals surface area contributed by atoms with Crippen LogP contribution in [0.1, 0.15) is 0 Å². The predicted octanol–water partition coefficient (Wildman–Crippen LogP) is 2.80. The Hall–Kier alpha value is -3.13. The number of hydrogen-bond donors (Lipinski definition) is 1. The van der Waals surface area contributed by atoms with E-state index in [0.29, 0.717) is 11.5 Å². The number of aryl methyl sites for hydroxylation is 1. The summed E-state index contributed by atoms with van der Waals surface area (Å²) in [6, 6.07) is 15.0. The number of aromatic nitrogens is 4. The van der Waals surface area contributed by atoms with Crippen molar-refractivity contribution in [3.05, 3.63) is 60.9 Å². The van der Waals surface area contributed by atoms with E-state index in [2.05, 4.69) is 9.71 Å². The van der Waals surface area contributed by atoms with Gasteiger partial charge < -0.3 is 4.57 Å². The Bertz CT molecular complexity index is 1210. The molecule has 1 N–H and O–H groups in total. The van der Waals surface area contributed by atoms with Gasteiger partial charge in [0.1, 0.15) is 0 Å². The van der Waals surface area contributed by atoms with E-state index in [1.165, 1.54) is 0 Å². The van der Waals surface area contributed by atoms with E-state index in [9.17, 15) is 8.42 Å². The number of rotatable bonds is 4. The molecule has 4 rings (SSSR count). The molecule has 132 valence electrons. The molecule has 0 atom stereocenters. The zero-order valence-corrected chi connectivity index (χ0v) is 15.1. The summed E-state index contributed by atoms with van der Waals surface area (Å²) in [7, 11) is -1.39. The van der Waals surface area contributed by atoms with Gasteiger partial charge in [-0.15, -0.1) is 0 Å². The number of fused-ring (bicyclic) bond motifs is 1. The molecule has 26 heavy (non-hydrogen) atoms. The molecule has 0 unspecified atom stereocenters. The number of para-hydroxylation sites is 2. The van der Waals surface area contributed by atoms with E-state index in [4.69, 9.17) is 4.98 Å². The number of nitrogens with one attached hydrogen (secondary N) is 1. The third-order valence-corrected chi connectivity index (χ3v) is 4.66. The summed E-state index contributed by atoms with van der Waals surface area (Å²) in [4.78, 5) is 9.15. The third kappa shape index (κ3) is 2.95. The number of benzene rings is 2. The topological polar surface area (TPSA) is 81.8 Å². The van der Waals surface area contributed by atoms with Crippen LogP contribution in [0.15, 0.2) is 60.9 Å². The normalized spacial score (nSPS) is 11.8. The van der Waals surface area contributed by atoms with Crippen molar-refractivity contribution >= 4 is 26.7 Å². The van der Waals surface area contributed by atoms with Gasteiger partial charge in [-0.2, -0.15) is 0 Å². The van der Waals surface area contributed by atoms with Crippen LogP contribution in [0.5, 0.6) is 0 Å². The molecule has 2 aromatic carbocycles. The van der Waals surface area contributed by atoms with Crippen LogP contribution in [-0.2, 0) is 17.1 Å². The highest BCUT2D eigenvalue weighted by Gasteiger charge is 2.15. The Labute approximate surface area is 151 Å². The van der Waals surface area contributed by atoms with Gasteiger partial charge in [0.05, 0.1) is 23.0 Å². The highest BCUT2D eigenvalue weighted by molar-refractivity contribution is 7.92. The minimum atomic E-state index is -3.34. The largest absolute Gasteiger partial charge is 0.324 e. The molecular weight excluding hydrogens is 350 g/mol. The second kappa shape index (κ2) is 5.99. The molecule has 8 heteroatoms. The summed E-state index contributed by atoms with van der Waals surface area (Å²) >= 11 is 0. The van der Waals surface area contributed by atoms with Gasteiger partial charge in [-0.1, -0.05) is 18.2 Å². The second-order valence-corrected chi connectivity index (χ2v) is 7.78. The standard InChI is InChI=1S/C18H17N5O2S/c1-22-16-9-4-3-8-15(16)20-18(22)17-19-10-11-23(17)14-7-5-6-13(12-14)21-26(2,24)25/h3-12,21H,1-2H3. The summed E-state index contributed by atoms with van der Waals surface area (Å²) < 4.78 is 29.3. The van der Waals surface area contributed by atoms with Crippen molar-refractivity contribution < 1.29 is 8.42 Å². The first-order valence-electron chi connectivity index (χ1n) is 7.96. The van der Waals surface area contributed by atoms with Crippen molar-refractivity contribution in [2.45, 2.75) is 0 Å². The lowest BCUT2D eigenvalue weighted by atomic mass is 10.3. The van der Waals surface area contributed by atoms with Crippen LogP contribution < -0.4 is 4.72 Å². The molecule has 7 nitrogen and oxygen atoms in total. The summed E-state index contributed by atoms with van der Waals surface area (Å²) in [6.45, 7) is 0. The van der Waals surface area contributed by atoms with E-state index < -0.39 is 10.0 Å². The maximum Gasteiger partial charge on any atom is 0.229 e. The lowest BCUT2D eigenvalue weighted by Crippen LogP contribution is -2.10. The van der Waals surface area contributed by atoms with E-state index in [1.807, 2.05) is 52.7 Å². The average molecular weight is 367 g/mol. The minimum absolute atomic E-state index is 0.495. The summed E-state index contributed by atoms with van der Waals surface area (Å²) in [5.41, 5.74) is 3.20. The zero-order valence-electron chi connectivity index (χ0n) is 14.3. The SMILES string of the molecule is Cn1c(-c2nccn2-c2cccc(NS(C)(=O)=O)c2)nc2ccccc21. The van der Waals surface area contributed by atoms with Crippen LogP contribution in [0.3, 0.4) is 0 Å². The van der Waals surface area contributed by atoms with Crippen LogP contribution in [0.4, 0.5) is 5.69 Å². The molecule has 0 aliphatic rings. The van der Waals surface area contributed by atoms with Gasteiger partial charge in [0.15, 0.2) is 11.6 Å². The van der Waals surface area contributed by atoms with Crippen LogP contribution in [0.2, 0.25) is 0 Å². The zero-order chi connectivity index (χ0) is 18.3. The first-order chi connectivity index (χ1) is 12.4. The van der Waals surface area contributed by atoms with Crippen molar-refractivity contribution in [1.82, 2.24) is 19.1 Å². The first kappa shape index (κ1) is 16.3. The summed E-state index contributed by atoms with van der Waals surface area (Å²) in [6.07, 6.45) is 4.65. The van der Waals surface area contributed by atoms with Crippen molar-refractivity contribution in [2.75, 3.05) is 11.0 Å². The Morgan fingerprint density at radius 3 is 2.62 bits per heavy atom. The van der Waals surface area contributed by atoms with E-state index in [1.54, 1.807) is 24.4 Å². The number of imidazole rings is 2. The number of anilines is 1. The van der Waals surface area contributed by atoms with Crippen molar-refractivity contribution in [3.8, 4) is 17.3 Å². The van der Waals surface area contributed by atoms with E-state index >= 15 is 0 Å². The monoisotopic (exact) mass is 367 g/mol. The molecule has 0 radical (unpaired) electrons. The van der Waals surface area contributed by atoms with E-state index in [0.717, 1.165) is 28.8 Å². The lowest BCUT2D eigenvalue weighted by Gasteiger charge is -2.10. The quantitative estimate of drug-likeness (QED) is 0.601. The Balaban J connectivity index is 1.83. The molecule has 0 aliphatic carbocycles. The van der Waals surface area contributed by atoms with Crippen molar-refractivity contribution in [2.24, 2.45) is 7.05 Å². The van der Waals surface area contributed by atoms with Gasteiger partial charge in [-0.3, -0.25) is 9.29 Å². The van der Waals surface area contributed by atoms with Crippen molar-refractivity contribution in [3.63, 3.8) is 0 Å². The average Bonchev–Trinajstić information content (AvgIpc) is 3.19. The molecule has 2 aromatic heterocycles. The van der Waals surface area contributed by atoms with Crippen LogP contribution >= 0.6 is 0 Å². The molecule has 0 saturated heterocycles. The lowest BCUT2D eigenvalue weighted by molar-refractivity contribution is 0.607. The second-order valence-electron chi connectivity index (χ2n) is 6.03. The smallest absolute Gasteiger partial charge is 0.229 e. The summed E-state index contributed by atoms with van der Waals surface area (Å²) in [5.74, 6) is 1.41. The Morgan fingerprint density at radius 1 is 1.04 bits per heavy atom. The maximum atomic E-state index is 11.5. The highest BCUT2D eigenvalue weighted by Crippen LogP contribution is 2.25. The van der Waals surface area contributed by atoms with Crippen LogP contribution in [-0.4, -0.2) is 33.8 Å². The molecule has 0 fully saturated rings. The van der Waals surface area contributed by atoms with Gasteiger partial charge >= 0.3 is 0 Å². The molecule has 2 heterocycles. The van der Waals surface area contributed by atoms with Gasteiger partial charge in [0.2, 0.25) is 10.0 Å². The first-order valence-corrected chi connectivity index (χ1v) is 9.85. The Morgan fingerprint density at radius 2 is 1.85 bits per heavy atom. The Kier molecular flexibility index (Phi) is 3.77. The number of sulfonamides is 1. The van der Waals surface area contributed by atoms with Gasteiger partial charge in [0.25, 0.3) is 0 Å². The maximum absolute atomic E-state index is 11.5.